The van der Waals surface area contributed by atoms with Crippen LogP contribution in [0.3, 0.4) is 0 Å². The molecule has 0 amide bonds. The lowest BCUT2D eigenvalue weighted by Gasteiger charge is -2.33. The van der Waals surface area contributed by atoms with Crippen LogP contribution in [0.25, 0.3) is 11.1 Å². The van der Waals surface area contributed by atoms with Crippen LogP contribution in [0.4, 0.5) is 48.3 Å². The van der Waals surface area contributed by atoms with E-state index in [1.165, 1.54) is 13.8 Å². The van der Waals surface area contributed by atoms with Gasteiger partial charge in [0.15, 0.2) is 0 Å². The Labute approximate surface area is 169 Å². The van der Waals surface area contributed by atoms with E-state index in [-0.39, 0.29) is 48.2 Å². The Balaban J connectivity index is 3.09. The zero-order valence-electron chi connectivity index (χ0n) is 16.0. The van der Waals surface area contributed by atoms with Gasteiger partial charge >= 0.3 is 24.2 Å². The summed E-state index contributed by atoms with van der Waals surface area (Å²) in [7, 11) is 0. The molecule has 0 aliphatic carbocycles. The van der Waals surface area contributed by atoms with Crippen molar-refractivity contribution in [3.8, 4) is 11.1 Å². The minimum Gasteiger partial charge on any atom is -0.218 e. The lowest BCUT2D eigenvalue weighted by Crippen LogP contribution is -2.50. The summed E-state index contributed by atoms with van der Waals surface area (Å²) in [4.78, 5) is 0. The zero-order valence-corrected chi connectivity index (χ0v) is 16.0. The quantitative estimate of drug-likeness (QED) is 0.403. The Hall–Kier alpha value is -2.33. The average Bonchev–Trinajstić information content (AvgIpc) is 2.64. The van der Waals surface area contributed by atoms with E-state index in [0.717, 1.165) is 6.07 Å². The molecule has 0 atom stereocenters. The number of rotatable bonds is 4. The van der Waals surface area contributed by atoms with Gasteiger partial charge in [0, 0.05) is 11.1 Å². The van der Waals surface area contributed by atoms with Gasteiger partial charge in [-0.3, -0.25) is 0 Å². The molecule has 172 valence electrons. The highest BCUT2D eigenvalue weighted by Gasteiger charge is 2.74. The fraction of sp³-hybridized carbons (Fsp3) is 0.400. The number of aryl methyl sites for hydroxylation is 2. The van der Waals surface area contributed by atoms with Crippen molar-refractivity contribution >= 4 is 0 Å². The summed E-state index contributed by atoms with van der Waals surface area (Å²) in [5, 5.41) is 0. The molecule has 0 fully saturated rings. The molecule has 0 spiro atoms. The van der Waals surface area contributed by atoms with Crippen LogP contribution in [0.15, 0.2) is 30.3 Å². The lowest BCUT2D eigenvalue weighted by molar-refractivity contribution is -0.348. The average molecular weight is 464 g/mol. The number of hydrogen-bond donors (Lipinski definition) is 0. The topological polar surface area (TPSA) is 0 Å². The molecule has 0 aliphatic rings. The molecule has 2 aromatic carbocycles. The van der Waals surface area contributed by atoms with Gasteiger partial charge in [0.2, 0.25) is 0 Å². The van der Waals surface area contributed by atoms with Gasteiger partial charge in [0.25, 0.3) is 0 Å². The van der Waals surface area contributed by atoms with E-state index in [4.69, 9.17) is 0 Å². The van der Waals surface area contributed by atoms with Gasteiger partial charge in [-0.25, -0.2) is 8.78 Å². The van der Waals surface area contributed by atoms with Crippen LogP contribution < -0.4 is 0 Å². The molecular weight excluding hydrogens is 449 g/mol. The third-order valence-corrected chi connectivity index (χ3v) is 4.78. The summed E-state index contributed by atoms with van der Waals surface area (Å²) in [6.07, 6.45) is -18.5. The van der Waals surface area contributed by atoms with Crippen molar-refractivity contribution in [3.05, 3.63) is 58.4 Å². The molecule has 0 unspecified atom stereocenters. The second-order valence-electron chi connectivity index (χ2n) is 6.73. The SMILES string of the molecule is CCc1cc(CC)c(-c2cc(C(F)(F)F)ccc2F)c(C(F)(C(F)(F)F)C(F)(F)F)c1. The number of halogens is 11. The second-order valence-corrected chi connectivity index (χ2v) is 6.73. The monoisotopic (exact) mass is 464 g/mol. The molecule has 0 saturated carbocycles. The van der Waals surface area contributed by atoms with Gasteiger partial charge in [0.05, 0.1) is 5.56 Å². The standard InChI is InChI=1S/C20H15F11/c1-3-10-7-11(4-2)16(13-9-12(18(23,24)25)5-6-15(13)21)14(8-10)17(22,19(26,27)28)20(29,30)31/h5-9H,3-4H2,1-2H3. The van der Waals surface area contributed by atoms with Crippen molar-refractivity contribution in [2.75, 3.05) is 0 Å². The Bertz CT molecular complexity index is 935. The van der Waals surface area contributed by atoms with E-state index in [1.807, 2.05) is 0 Å². The number of hydrogen-bond acceptors (Lipinski definition) is 0. The molecule has 0 aliphatic heterocycles. The molecule has 0 N–H and O–H groups in total. The molecule has 0 saturated heterocycles. The largest absolute Gasteiger partial charge is 0.435 e. The summed E-state index contributed by atoms with van der Waals surface area (Å²) >= 11 is 0. The normalized spacial score (nSPS) is 13.6. The van der Waals surface area contributed by atoms with Gasteiger partial charge in [0.1, 0.15) is 5.82 Å². The van der Waals surface area contributed by atoms with Crippen LogP contribution in [0, 0.1) is 5.82 Å². The third-order valence-electron chi connectivity index (χ3n) is 4.78. The Morgan fingerprint density at radius 3 is 1.68 bits per heavy atom. The van der Waals surface area contributed by atoms with Crippen molar-refractivity contribution < 1.29 is 48.3 Å². The molecule has 0 aromatic heterocycles. The van der Waals surface area contributed by atoms with Gasteiger partial charge < -0.3 is 0 Å². The smallest absolute Gasteiger partial charge is 0.218 e. The lowest BCUT2D eigenvalue weighted by atomic mass is 9.81. The first-order valence-electron chi connectivity index (χ1n) is 8.84. The maximum absolute atomic E-state index is 15.0. The van der Waals surface area contributed by atoms with Crippen molar-refractivity contribution in [1.82, 2.24) is 0 Å². The van der Waals surface area contributed by atoms with Crippen molar-refractivity contribution in [1.29, 1.82) is 0 Å². The van der Waals surface area contributed by atoms with Crippen LogP contribution in [0.1, 0.15) is 36.1 Å². The second kappa shape index (κ2) is 7.98. The Morgan fingerprint density at radius 1 is 0.710 bits per heavy atom. The first kappa shape index (κ1) is 24.9. The zero-order chi connectivity index (χ0) is 24.0. The maximum Gasteiger partial charge on any atom is 0.435 e. The van der Waals surface area contributed by atoms with Crippen LogP contribution in [-0.4, -0.2) is 12.4 Å². The van der Waals surface area contributed by atoms with E-state index in [1.54, 1.807) is 0 Å². The van der Waals surface area contributed by atoms with E-state index in [9.17, 15) is 48.3 Å². The summed E-state index contributed by atoms with van der Waals surface area (Å²) < 4.78 is 149. The summed E-state index contributed by atoms with van der Waals surface area (Å²) in [5.41, 5.74) is -12.4. The van der Waals surface area contributed by atoms with Gasteiger partial charge in [-0.15, -0.1) is 0 Å². The van der Waals surface area contributed by atoms with E-state index in [2.05, 4.69) is 0 Å². The fourth-order valence-electron chi connectivity index (χ4n) is 3.20. The van der Waals surface area contributed by atoms with Gasteiger partial charge in [-0.2, -0.15) is 39.5 Å². The minimum absolute atomic E-state index is 0.0755. The predicted octanol–water partition coefficient (Wildman–Crippen LogP) is 7.93. The van der Waals surface area contributed by atoms with Crippen molar-refractivity contribution in [3.63, 3.8) is 0 Å². The van der Waals surface area contributed by atoms with E-state index < -0.39 is 52.3 Å². The Morgan fingerprint density at radius 2 is 1.26 bits per heavy atom. The van der Waals surface area contributed by atoms with Gasteiger partial charge in [-0.05, 0) is 47.7 Å². The van der Waals surface area contributed by atoms with Crippen LogP contribution in [0.5, 0.6) is 0 Å². The van der Waals surface area contributed by atoms with Crippen LogP contribution >= 0.6 is 0 Å². The minimum atomic E-state index is -6.52. The van der Waals surface area contributed by atoms with Crippen LogP contribution in [-0.2, 0) is 24.7 Å². The highest BCUT2D eigenvalue weighted by Crippen LogP contribution is 2.56. The predicted molar refractivity (Wildman–Crippen MR) is 90.5 cm³/mol. The highest BCUT2D eigenvalue weighted by molar-refractivity contribution is 5.75. The summed E-state index contributed by atoms with van der Waals surface area (Å²) in [6.45, 7) is 2.67. The molecule has 0 radical (unpaired) electrons. The van der Waals surface area contributed by atoms with Gasteiger partial charge in [-0.1, -0.05) is 26.0 Å². The number of benzene rings is 2. The van der Waals surface area contributed by atoms with Crippen molar-refractivity contribution in [2.24, 2.45) is 0 Å². The molecule has 2 aromatic rings. The first-order chi connectivity index (χ1) is 14.0. The maximum atomic E-state index is 15.0. The van der Waals surface area contributed by atoms with E-state index in [0.29, 0.717) is 0 Å². The Kier molecular flexibility index (Phi) is 6.42. The van der Waals surface area contributed by atoms with Crippen LogP contribution in [0.2, 0.25) is 0 Å². The molecule has 11 heteroatoms. The molecule has 0 nitrogen and oxygen atoms in total. The molecular formula is C20H15F11. The van der Waals surface area contributed by atoms with Crippen molar-refractivity contribution in [2.45, 2.75) is 50.9 Å². The summed E-state index contributed by atoms with van der Waals surface area (Å²) in [6, 6.07) is 2.00. The third kappa shape index (κ3) is 4.36. The van der Waals surface area contributed by atoms with E-state index >= 15 is 0 Å². The molecule has 31 heavy (non-hydrogen) atoms. The summed E-state index contributed by atoms with van der Waals surface area (Å²) in [5.74, 6) is -1.53. The molecule has 2 rings (SSSR count). The number of alkyl halides is 10. The first-order valence-corrected chi connectivity index (χ1v) is 8.84. The fourth-order valence-corrected chi connectivity index (χ4v) is 3.20. The molecule has 0 heterocycles. The molecule has 0 bridgehead atoms. The highest BCUT2D eigenvalue weighted by atomic mass is 19.4.